The number of ether oxygens (including phenoxy) is 1. The molecule has 6 heteroatoms. The zero-order valence-electron chi connectivity index (χ0n) is 10.1. The van der Waals surface area contributed by atoms with E-state index in [0.717, 1.165) is 6.07 Å². The van der Waals surface area contributed by atoms with Crippen LogP contribution in [0.1, 0.15) is 23.1 Å². The lowest BCUT2D eigenvalue weighted by atomic mass is 10.1. The van der Waals surface area contributed by atoms with Gasteiger partial charge in [0.2, 0.25) is 0 Å². The van der Waals surface area contributed by atoms with Crippen LogP contribution in [0, 0.1) is 5.82 Å². The summed E-state index contributed by atoms with van der Waals surface area (Å²) >= 11 is 0. The lowest BCUT2D eigenvalue weighted by molar-refractivity contribution is 0.0600. The van der Waals surface area contributed by atoms with E-state index >= 15 is 0 Å². The molecule has 5 nitrogen and oxygen atoms in total. The van der Waals surface area contributed by atoms with Gasteiger partial charge in [-0.05, 0) is 18.2 Å². The molecule has 1 heterocycles. The van der Waals surface area contributed by atoms with Gasteiger partial charge in [-0.3, -0.25) is 4.57 Å². The first kappa shape index (κ1) is 12.2. The third-order valence-corrected chi connectivity index (χ3v) is 2.56. The summed E-state index contributed by atoms with van der Waals surface area (Å²) in [4.78, 5) is 11.6. The molecule has 0 fully saturated rings. The third kappa shape index (κ3) is 2.09. The van der Waals surface area contributed by atoms with Crippen LogP contribution < -0.4 is 0 Å². The van der Waals surface area contributed by atoms with Crippen molar-refractivity contribution in [3.05, 3.63) is 41.7 Å². The van der Waals surface area contributed by atoms with Crippen LogP contribution in [0.2, 0.25) is 0 Å². The summed E-state index contributed by atoms with van der Waals surface area (Å²) in [6, 6.07) is 3.92. The first-order valence-electron chi connectivity index (χ1n) is 5.44. The first-order valence-corrected chi connectivity index (χ1v) is 5.44. The van der Waals surface area contributed by atoms with Crippen LogP contribution in [0.4, 0.5) is 4.39 Å². The number of carbonyl (C=O) groups is 1. The van der Waals surface area contributed by atoms with E-state index in [-0.39, 0.29) is 5.56 Å². The minimum atomic E-state index is -0.597. The molecule has 0 atom stereocenters. The molecule has 0 amide bonds. The molecular formula is C12H12FN3O2. The van der Waals surface area contributed by atoms with Gasteiger partial charge in [0.25, 0.3) is 0 Å². The van der Waals surface area contributed by atoms with Crippen molar-refractivity contribution in [2.24, 2.45) is 0 Å². The maximum atomic E-state index is 13.2. The van der Waals surface area contributed by atoms with Crippen molar-refractivity contribution in [1.82, 2.24) is 14.8 Å². The molecule has 0 radical (unpaired) electrons. The molecule has 0 N–H and O–H groups in total. The molecule has 1 aromatic heterocycles. The van der Waals surface area contributed by atoms with Crippen molar-refractivity contribution in [2.75, 3.05) is 7.11 Å². The average molecular weight is 249 g/mol. The topological polar surface area (TPSA) is 57.0 Å². The highest BCUT2D eigenvalue weighted by Crippen LogP contribution is 2.18. The number of methoxy groups -OCH3 is 1. The van der Waals surface area contributed by atoms with Gasteiger partial charge >= 0.3 is 5.97 Å². The lowest BCUT2D eigenvalue weighted by Gasteiger charge is -2.10. The molecule has 1 aromatic carbocycles. The molecular weight excluding hydrogens is 237 g/mol. The average Bonchev–Trinajstić information content (AvgIpc) is 2.85. The van der Waals surface area contributed by atoms with Crippen molar-refractivity contribution < 1.29 is 13.9 Å². The van der Waals surface area contributed by atoms with E-state index in [1.165, 1.54) is 25.6 Å². The Morgan fingerprint density at radius 1 is 1.50 bits per heavy atom. The molecule has 94 valence electrons. The minimum Gasteiger partial charge on any atom is -0.465 e. The van der Waals surface area contributed by atoms with Gasteiger partial charge in [-0.25, -0.2) is 9.18 Å². The number of hydrogen-bond acceptors (Lipinski definition) is 4. The fraction of sp³-hybridized carbons (Fsp3) is 0.250. The summed E-state index contributed by atoms with van der Waals surface area (Å²) in [7, 11) is 1.25. The number of nitrogens with zero attached hydrogens (tertiary/aromatic N) is 3. The highest BCUT2D eigenvalue weighted by Gasteiger charge is 2.16. The highest BCUT2D eigenvalue weighted by atomic mass is 19.1. The van der Waals surface area contributed by atoms with Crippen LogP contribution >= 0.6 is 0 Å². The fourth-order valence-electron chi connectivity index (χ4n) is 1.69. The molecule has 0 bridgehead atoms. The summed E-state index contributed by atoms with van der Waals surface area (Å²) in [6.07, 6.45) is 2.14. The summed E-state index contributed by atoms with van der Waals surface area (Å²) < 4.78 is 19.5. The van der Waals surface area contributed by atoms with Crippen LogP contribution in [-0.2, 0) is 11.2 Å². The summed E-state index contributed by atoms with van der Waals surface area (Å²) in [5.74, 6) is -0.405. The normalized spacial score (nSPS) is 10.4. The number of esters is 1. The van der Waals surface area contributed by atoms with Crippen LogP contribution in [0.3, 0.4) is 0 Å². The van der Waals surface area contributed by atoms with Crippen molar-refractivity contribution in [2.45, 2.75) is 13.3 Å². The predicted octanol–water partition coefficient (Wildman–Crippen LogP) is 1.76. The zero-order valence-corrected chi connectivity index (χ0v) is 10.1. The lowest BCUT2D eigenvalue weighted by Crippen LogP contribution is -2.09. The number of rotatable bonds is 3. The second-order valence-corrected chi connectivity index (χ2v) is 3.62. The fourth-order valence-corrected chi connectivity index (χ4v) is 1.69. The molecule has 2 rings (SSSR count). The van der Waals surface area contributed by atoms with Gasteiger partial charge in [0.05, 0.1) is 18.4 Å². The zero-order chi connectivity index (χ0) is 13.1. The SMILES string of the molecule is CCc1nncn1-c1ccc(F)cc1C(=O)OC. The molecule has 0 aliphatic heterocycles. The number of aryl methyl sites for hydroxylation is 1. The molecule has 0 saturated heterocycles. The van der Waals surface area contributed by atoms with Crippen molar-refractivity contribution in [1.29, 1.82) is 0 Å². The molecule has 0 unspecified atom stereocenters. The molecule has 0 spiro atoms. The van der Waals surface area contributed by atoms with E-state index < -0.39 is 11.8 Å². The Labute approximate surface area is 103 Å². The number of hydrogen-bond donors (Lipinski definition) is 0. The Bertz CT molecular complexity index is 580. The van der Waals surface area contributed by atoms with Crippen molar-refractivity contribution in [3.63, 3.8) is 0 Å². The summed E-state index contributed by atoms with van der Waals surface area (Å²) in [5.41, 5.74) is 0.650. The second kappa shape index (κ2) is 4.95. The van der Waals surface area contributed by atoms with Gasteiger partial charge in [-0.15, -0.1) is 10.2 Å². The number of benzene rings is 1. The Hall–Kier alpha value is -2.24. The van der Waals surface area contributed by atoms with Gasteiger partial charge in [-0.2, -0.15) is 0 Å². The standard InChI is InChI=1S/C12H12FN3O2/c1-3-11-15-14-7-16(11)10-5-4-8(13)6-9(10)12(17)18-2/h4-7H,3H2,1-2H3. The van der Waals surface area contributed by atoms with Gasteiger partial charge in [-0.1, -0.05) is 6.92 Å². The summed E-state index contributed by atoms with van der Waals surface area (Å²) in [6.45, 7) is 1.92. The number of halogens is 1. The quantitative estimate of drug-likeness (QED) is 0.778. The van der Waals surface area contributed by atoms with Crippen LogP contribution in [0.25, 0.3) is 5.69 Å². The maximum absolute atomic E-state index is 13.2. The third-order valence-electron chi connectivity index (χ3n) is 2.56. The minimum absolute atomic E-state index is 0.145. The van der Waals surface area contributed by atoms with Crippen molar-refractivity contribution >= 4 is 5.97 Å². The predicted molar refractivity (Wildman–Crippen MR) is 62.0 cm³/mol. The Morgan fingerprint density at radius 2 is 2.28 bits per heavy atom. The van der Waals surface area contributed by atoms with E-state index in [2.05, 4.69) is 14.9 Å². The van der Waals surface area contributed by atoms with Crippen LogP contribution in [0.5, 0.6) is 0 Å². The van der Waals surface area contributed by atoms with E-state index in [1.807, 2.05) is 6.92 Å². The largest absolute Gasteiger partial charge is 0.465 e. The first-order chi connectivity index (χ1) is 8.67. The molecule has 0 saturated carbocycles. The second-order valence-electron chi connectivity index (χ2n) is 3.62. The summed E-state index contributed by atoms with van der Waals surface area (Å²) in [5, 5.41) is 7.71. The van der Waals surface area contributed by atoms with Gasteiger partial charge in [0.15, 0.2) is 0 Å². The number of carbonyl (C=O) groups excluding carboxylic acids is 1. The van der Waals surface area contributed by atoms with E-state index in [4.69, 9.17) is 0 Å². The van der Waals surface area contributed by atoms with Gasteiger partial charge in [0, 0.05) is 6.42 Å². The van der Waals surface area contributed by atoms with Gasteiger partial charge < -0.3 is 4.74 Å². The molecule has 18 heavy (non-hydrogen) atoms. The number of aromatic nitrogens is 3. The Morgan fingerprint density at radius 3 is 2.94 bits per heavy atom. The highest BCUT2D eigenvalue weighted by molar-refractivity contribution is 5.93. The van der Waals surface area contributed by atoms with E-state index in [1.54, 1.807) is 4.57 Å². The van der Waals surface area contributed by atoms with Crippen LogP contribution in [0.15, 0.2) is 24.5 Å². The Balaban J connectivity index is 2.60. The smallest absolute Gasteiger partial charge is 0.340 e. The van der Waals surface area contributed by atoms with E-state index in [0.29, 0.717) is 17.9 Å². The van der Waals surface area contributed by atoms with E-state index in [9.17, 15) is 9.18 Å². The molecule has 2 aromatic rings. The monoisotopic (exact) mass is 249 g/mol. The van der Waals surface area contributed by atoms with Crippen molar-refractivity contribution in [3.8, 4) is 5.69 Å². The van der Waals surface area contributed by atoms with Gasteiger partial charge in [0.1, 0.15) is 18.0 Å². The Kier molecular flexibility index (Phi) is 3.36. The van der Waals surface area contributed by atoms with Crippen LogP contribution in [-0.4, -0.2) is 27.8 Å². The molecule has 0 aliphatic carbocycles. The molecule has 0 aliphatic rings. The maximum Gasteiger partial charge on any atom is 0.340 e.